The fraction of sp³-hybridized carbons (Fsp3) is 0.438. The molecule has 3 heterocycles. The van der Waals surface area contributed by atoms with Gasteiger partial charge in [0.05, 0.1) is 10.7 Å². The van der Waals surface area contributed by atoms with Crippen molar-refractivity contribution in [1.82, 2.24) is 14.9 Å². The SMILES string of the molecule is Cc1nc(C2CCN(C(=O)c3ccncc3)CC2)sc1C. The molecule has 3 rings (SSSR count). The van der Waals surface area contributed by atoms with Gasteiger partial charge in [-0.2, -0.15) is 0 Å². The number of piperidine rings is 1. The van der Waals surface area contributed by atoms with Crippen LogP contribution >= 0.6 is 11.3 Å². The molecular formula is C16H19N3OS. The molecule has 1 fully saturated rings. The zero-order valence-electron chi connectivity index (χ0n) is 12.4. The Kier molecular flexibility index (Phi) is 4.01. The molecule has 1 amide bonds. The fourth-order valence-electron chi connectivity index (χ4n) is 2.68. The second-order valence-corrected chi connectivity index (χ2v) is 6.73. The second kappa shape index (κ2) is 5.93. The summed E-state index contributed by atoms with van der Waals surface area (Å²) in [5.41, 5.74) is 1.87. The molecule has 0 radical (unpaired) electrons. The lowest BCUT2D eigenvalue weighted by Gasteiger charge is -2.31. The Morgan fingerprint density at radius 3 is 2.48 bits per heavy atom. The lowest BCUT2D eigenvalue weighted by Crippen LogP contribution is -2.37. The minimum Gasteiger partial charge on any atom is -0.339 e. The highest BCUT2D eigenvalue weighted by molar-refractivity contribution is 7.11. The molecular weight excluding hydrogens is 282 g/mol. The number of carbonyl (C=O) groups excluding carboxylic acids is 1. The van der Waals surface area contributed by atoms with E-state index >= 15 is 0 Å². The third-order valence-electron chi connectivity index (χ3n) is 4.10. The van der Waals surface area contributed by atoms with Crippen LogP contribution in [0.4, 0.5) is 0 Å². The van der Waals surface area contributed by atoms with Crippen LogP contribution in [0.1, 0.15) is 44.7 Å². The molecule has 1 aliphatic rings. The van der Waals surface area contributed by atoms with Gasteiger partial charge >= 0.3 is 0 Å². The van der Waals surface area contributed by atoms with E-state index in [9.17, 15) is 4.79 Å². The number of amides is 1. The molecule has 21 heavy (non-hydrogen) atoms. The molecule has 1 aliphatic heterocycles. The predicted molar refractivity (Wildman–Crippen MR) is 83.7 cm³/mol. The molecule has 0 N–H and O–H groups in total. The summed E-state index contributed by atoms with van der Waals surface area (Å²) in [6.45, 7) is 5.81. The number of thiazole rings is 1. The highest BCUT2D eigenvalue weighted by Gasteiger charge is 2.26. The predicted octanol–water partition coefficient (Wildman–Crippen LogP) is 3.17. The largest absolute Gasteiger partial charge is 0.339 e. The van der Waals surface area contributed by atoms with Gasteiger partial charge in [-0.25, -0.2) is 4.98 Å². The molecule has 2 aromatic heterocycles. The molecule has 2 aromatic rings. The topological polar surface area (TPSA) is 46.1 Å². The molecule has 1 saturated heterocycles. The van der Waals surface area contributed by atoms with Crippen molar-refractivity contribution in [2.24, 2.45) is 0 Å². The van der Waals surface area contributed by atoms with Gasteiger partial charge in [0.15, 0.2) is 0 Å². The molecule has 0 saturated carbocycles. The summed E-state index contributed by atoms with van der Waals surface area (Å²) in [4.78, 5) is 24.3. The summed E-state index contributed by atoms with van der Waals surface area (Å²) in [6, 6.07) is 3.56. The lowest BCUT2D eigenvalue weighted by molar-refractivity contribution is 0.0713. The van der Waals surface area contributed by atoms with Gasteiger partial charge in [-0.1, -0.05) is 0 Å². The van der Waals surface area contributed by atoms with Gasteiger partial charge < -0.3 is 4.90 Å². The van der Waals surface area contributed by atoms with Crippen molar-refractivity contribution < 1.29 is 4.79 Å². The van der Waals surface area contributed by atoms with E-state index in [2.05, 4.69) is 23.8 Å². The Morgan fingerprint density at radius 1 is 1.24 bits per heavy atom. The van der Waals surface area contributed by atoms with Crippen LogP contribution in [-0.4, -0.2) is 33.9 Å². The monoisotopic (exact) mass is 301 g/mol. The Hall–Kier alpha value is -1.75. The molecule has 110 valence electrons. The third kappa shape index (κ3) is 2.97. The van der Waals surface area contributed by atoms with Crippen molar-refractivity contribution in [3.05, 3.63) is 45.7 Å². The normalized spacial score (nSPS) is 16.2. The maximum Gasteiger partial charge on any atom is 0.253 e. The van der Waals surface area contributed by atoms with Gasteiger partial charge in [0.2, 0.25) is 0 Å². The van der Waals surface area contributed by atoms with E-state index in [1.807, 2.05) is 4.90 Å². The maximum absolute atomic E-state index is 12.4. The third-order valence-corrected chi connectivity index (χ3v) is 5.34. The van der Waals surface area contributed by atoms with Crippen LogP contribution in [0.15, 0.2) is 24.5 Å². The maximum atomic E-state index is 12.4. The van der Waals surface area contributed by atoms with Crippen molar-refractivity contribution in [3.8, 4) is 0 Å². The van der Waals surface area contributed by atoms with Crippen LogP contribution in [0.25, 0.3) is 0 Å². The molecule has 0 aromatic carbocycles. The van der Waals surface area contributed by atoms with Gasteiger partial charge in [0, 0.05) is 41.8 Å². The number of rotatable bonds is 2. The first-order valence-corrected chi connectivity index (χ1v) is 8.10. The molecule has 5 heteroatoms. The van der Waals surface area contributed by atoms with Gasteiger partial charge in [-0.05, 0) is 38.8 Å². The average molecular weight is 301 g/mol. The van der Waals surface area contributed by atoms with E-state index in [0.29, 0.717) is 5.92 Å². The summed E-state index contributed by atoms with van der Waals surface area (Å²) in [5.74, 6) is 0.617. The molecule has 0 atom stereocenters. The van der Waals surface area contributed by atoms with Crippen LogP contribution in [0.3, 0.4) is 0 Å². The van der Waals surface area contributed by atoms with Crippen LogP contribution in [0, 0.1) is 13.8 Å². The standard InChI is InChI=1S/C16H19N3OS/c1-11-12(2)21-15(18-11)13-5-9-19(10-6-13)16(20)14-3-7-17-8-4-14/h3-4,7-8,13H,5-6,9-10H2,1-2H3. The molecule has 4 nitrogen and oxygen atoms in total. The summed E-state index contributed by atoms with van der Waals surface area (Å²) < 4.78 is 0. The van der Waals surface area contributed by atoms with Crippen molar-refractivity contribution in [2.75, 3.05) is 13.1 Å². The Bertz CT molecular complexity index is 611. The highest BCUT2D eigenvalue weighted by atomic mass is 32.1. The second-order valence-electron chi connectivity index (χ2n) is 5.50. The van der Waals surface area contributed by atoms with Gasteiger partial charge in [0.1, 0.15) is 0 Å². The van der Waals surface area contributed by atoms with E-state index in [1.54, 1.807) is 35.9 Å². The molecule has 0 aliphatic carbocycles. The lowest BCUT2D eigenvalue weighted by atomic mass is 9.97. The number of aryl methyl sites for hydroxylation is 2. The Labute approximate surface area is 128 Å². The van der Waals surface area contributed by atoms with E-state index in [1.165, 1.54) is 9.88 Å². The zero-order chi connectivity index (χ0) is 14.8. The number of nitrogens with zero attached hydrogens (tertiary/aromatic N) is 3. The van der Waals surface area contributed by atoms with Gasteiger partial charge in [-0.15, -0.1) is 11.3 Å². The summed E-state index contributed by atoms with van der Waals surface area (Å²) >= 11 is 1.80. The minimum atomic E-state index is 0.113. The highest BCUT2D eigenvalue weighted by Crippen LogP contribution is 2.32. The number of hydrogen-bond donors (Lipinski definition) is 0. The van der Waals surface area contributed by atoms with E-state index in [-0.39, 0.29) is 5.91 Å². The Morgan fingerprint density at radius 2 is 1.90 bits per heavy atom. The van der Waals surface area contributed by atoms with Crippen molar-refractivity contribution in [3.63, 3.8) is 0 Å². The first kappa shape index (κ1) is 14.2. The Balaban J connectivity index is 1.64. The zero-order valence-corrected chi connectivity index (χ0v) is 13.2. The minimum absolute atomic E-state index is 0.113. The van der Waals surface area contributed by atoms with Crippen LogP contribution in [0.2, 0.25) is 0 Å². The first-order chi connectivity index (χ1) is 10.1. The number of aromatic nitrogens is 2. The van der Waals surface area contributed by atoms with Crippen molar-refractivity contribution >= 4 is 17.2 Å². The average Bonchev–Trinajstić information content (AvgIpc) is 2.87. The smallest absolute Gasteiger partial charge is 0.253 e. The van der Waals surface area contributed by atoms with E-state index < -0.39 is 0 Å². The number of likely N-dealkylation sites (tertiary alicyclic amines) is 1. The number of pyridine rings is 1. The first-order valence-electron chi connectivity index (χ1n) is 7.28. The van der Waals surface area contributed by atoms with Crippen LogP contribution in [0.5, 0.6) is 0 Å². The molecule has 0 spiro atoms. The molecule has 0 bridgehead atoms. The quantitative estimate of drug-likeness (QED) is 0.856. The van der Waals surface area contributed by atoms with Gasteiger partial charge in [0.25, 0.3) is 5.91 Å². The van der Waals surface area contributed by atoms with E-state index in [4.69, 9.17) is 0 Å². The van der Waals surface area contributed by atoms with Crippen molar-refractivity contribution in [2.45, 2.75) is 32.6 Å². The van der Waals surface area contributed by atoms with Crippen molar-refractivity contribution in [1.29, 1.82) is 0 Å². The number of hydrogen-bond acceptors (Lipinski definition) is 4. The summed E-state index contributed by atoms with van der Waals surface area (Å²) in [6.07, 6.45) is 5.34. The van der Waals surface area contributed by atoms with E-state index in [0.717, 1.165) is 37.2 Å². The fourth-order valence-corrected chi connectivity index (χ4v) is 3.77. The van der Waals surface area contributed by atoms with Crippen LogP contribution in [-0.2, 0) is 0 Å². The molecule has 0 unspecified atom stereocenters. The summed E-state index contributed by atoms with van der Waals surface area (Å²) in [7, 11) is 0. The van der Waals surface area contributed by atoms with Crippen LogP contribution < -0.4 is 0 Å². The summed E-state index contributed by atoms with van der Waals surface area (Å²) in [5, 5.41) is 1.24. The number of carbonyl (C=O) groups is 1. The van der Waals surface area contributed by atoms with Gasteiger partial charge in [-0.3, -0.25) is 9.78 Å².